The first kappa shape index (κ1) is 14.3. The molecule has 0 aromatic carbocycles. The minimum atomic E-state index is -0.0549. The predicted molar refractivity (Wildman–Crippen MR) is 72.6 cm³/mol. The van der Waals surface area contributed by atoms with Crippen molar-refractivity contribution in [3.8, 4) is 0 Å². The van der Waals surface area contributed by atoms with E-state index in [-0.39, 0.29) is 11.5 Å². The van der Waals surface area contributed by atoms with Crippen molar-refractivity contribution in [3.05, 3.63) is 22.2 Å². The summed E-state index contributed by atoms with van der Waals surface area (Å²) in [6, 6.07) is 1.91. The number of aryl methyl sites for hydroxylation is 1. The Hall–Kier alpha value is -0.740. The normalized spacial score (nSPS) is 13.7. The van der Waals surface area contributed by atoms with E-state index in [0.717, 1.165) is 17.9 Å². The highest BCUT2D eigenvalue weighted by Crippen LogP contribution is 2.34. The third kappa shape index (κ3) is 3.89. The number of aromatic nitrogens is 2. The summed E-state index contributed by atoms with van der Waals surface area (Å²) >= 11 is 5.19. The Bertz CT molecular complexity index is 420. The van der Waals surface area contributed by atoms with Crippen LogP contribution in [0.5, 0.6) is 0 Å². The molecule has 1 rings (SSSR count). The molecule has 0 saturated carbocycles. The van der Waals surface area contributed by atoms with E-state index in [1.807, 2.05) is 13.0 Å². The number of nitrogens with zero attached hydrogens (tertiary/aromatic N) is 1. The van der Waals surface area contributed by atoms with Gasteiger partial charge in [0.1, 0.15) is 16.6 Å². The predicted octanol–water partition coefficient (Wildman–Crippen LogP) is 3.83. The lowest BCUT2D eigenvalue weighted by atomic mass is 9.88. The first-order chi connectivity index (χ1) is 7.88. The van der Waals surface area contributed by atoms with Gasteiger partial charge in [0, 0.05) is 12.3 Å². The summed E-state index contributed by atoms with van der Waals surface area (Å²) < 4.78 is 6.44. The molecular weight excluding hydrogens is 232 g/mol. The van der Waals surface area contributed by atoms with Gasteiger partial charge in [0.05, 0.1) is 0 Å². The molecule has 1 aromatic rings. The van der Waals surface area contributed by atoms with Crippen LogP contribution in [0.3, 0.4) is 0 Å². The number of aromatic amines is 1. The molecule has 1 heterocycles. The number of hydrogen-bond donors (Lipinski definition) is 1. The Morgan fingerprint density at radius 2 is 2.06 bits per heavy atom. The number of hydrogen-bond acceptors (Lipinski definition) is 3. The molecule has 0 bridgehead atoms. The standard InChI is InChI=1S/C13H22N2OS/c1-6-9-8-10(17)15-12(14-9)11(16-7-2)13(3,4)5/h8,11H,6-7H2,1-5H3,(H,14,15,17). The van der Waals surface area contributed by atoms with Crippen LogP contribution in [0.2, 0.25) is 0 Å². The van der Waals surface area contributed by atoms with E-state index in [9.17, 15) is 0 Å². The van der Waals surface area contributed by atoms with Crippen molar-refractivity contribution in [2.75, 3.05) is 6.61 Å². The van der Waals surface area contributed by atoms with Crippen molar-refractivity contribution in [2.24, 2.45) is 5.41 Å². The molecule has 4 heteroatoms. The third-order valence-corrected chi connectivity index (χ3v) is 2.78. The SMILES string of the molecule is CCOC(c1nc(=S)cc(CC)[nH]1)C(C)(C)C. The number of H-pyrrole nitrogens is 1. The molecule has 3 nitrogen and oxygen atoms in total. The van der Waals surface area contributed by atoms with E-state index in [1.54, 1.807) is 0 Å². The molecule has 0 fully saturated rings. The van der Waals surface area contributed by atoms with Crippen molar-refractivity contribution in [1.29, 1.82) is 0 Å². The first-order valence-corrected chi connectivity index (χ1v) is 6.51. The summed E-state index contributed by atoms with van der Waals surface area (Å²) in [5.74, 6) is 0.837. The Morgan fingerprint density at radius 3 is 2.53 bits per heavy atom. The minimum absolute atomic E-state index is 0.00630. The zero-order valence-electron chi connectivity index (χ0n) is 11.3. The lowest BCUT2D eigenvalue weighted by Gasteiger charge is -2.29. The molecule has 0 radical (unpaired) electrons. The van der Waals surface area contributed by atoms with Gasteiger partial charge in [-0.1, -0.05) is 39.9 Å². The second-order valence-electron chi connectivity index (χ2n) is 5.18. The van der Waals surface area contributed by atoms with Crippen LogP contribution in [0, 0.1) is 10.1 Å². The van der Waals surface area contributed by atoms with E-state index in [1.165, 1.54) is 0 Å². The topological polar surface area (TPSA) is 37.9 Å². The molecule has 1 unspecified atom stereocenters. The summed E-state index contributed by atoms with van der Waals surface area (Å²) in [5.41, 5.74) is 1.10. The first-order valence-electron chi connectivity index (χ1n) is 6.10. The molecular formula is C13H22N2OS. The summed E-state index contributed by atoms with van der Waals surface area (Å²) in [5, 5.41) is 0. The monoisotopic (exact) mass is 254 g/mol. The molecule has 1 aromatic heterocycles. The highest BCUT2D eigenvalue weighted by Gasteiger charge is 2.28. The summed E-state index contributed by atoms with van der Waals surface area (Å²) in [6.45, 7) is 11.2. The average molecular weight is 254 g/mol. The van der Waals surface area contributed by atoms with Crippen LogP contribution in [-0.4, -0.2) is 16.6 Å². The van der Waals surface area contributed by atoms with E-state index < -0.39 is 0 Å². The van der Waals surface area contributed by atoms with Gasteiger partial charge in [-0.05, 0) is 24.8 Å². The summed E-state index contributed by atoms with van der Waals surface area (Å²) in [6.07, 6.45) is 0.864. The van der Waals surface area contributed by atoms with Crippen molar-refractivity contribution >= 4 is 12.2 Å². The quantitative estimate of drug-likeness (QED) is 0.830. The zero-order chi connectivity index (χ0) is 13.1. The van der Waals surface area contributed by atoms with Gasteiger partial charge in [0.2, 0.25) is 0 Å². The second-order valence-corrected chi connectivity index (χ2v) is 5.60. The fraction of sp³-hybridized carbons (Fsp3) is 0.692. The molecule has 0 aliphatic rings. The Morgan fingerprint density at radius 1 is 1.41 bits per heavy atom. The van der Waals surface area contributed by atoms with Crippen molar-refractivity contribution in [1.82, 2.24) is 9.97 Å². The van der Waals surface area contributed by atoms with Crippen LogP contribution in [0.4, 0.5) is 0 Å². The molecule has 96 valence electrons. The van der Waals surface area contributed by atoms with E-state index >= 15 is 0 Å². The van der Waals surface area contributed by atoms with Gasteiger partial charge in [0.25, 0.3) is 0 Å². The van der Waals surface area contributed by atoms with Crippen molar-refractivity contribution in [2.45, 2.75) is 47.1 Å². The lowest BCUT2D eigenvalue weighted by Crippen LogP contribution is -2.24. The van der Waals surface area contributed by atoms with Crippen LogP contribution >= 0.6 is 12.2 Å². The second kappa shape index (κ2) is 5.74. The maximum absolute atomic E-state index is 5.81. The van der Waals surface area contributed by atoms with Gasteiger partial charge in [0.15, 0.2) is 0 Å². The van der Waals surface area contributed by atoms with Crippen LogP contribution < -0.4 is 0 Å². The average Bonchev–Trinajstić information content (AvgIpc) is 2.23. The third-order valence-electron chi connectivity index (χ3n) is 2.57. The van der Waals surface area contributed by atoms with Crippen LogP contribution in [0.15, 0.2) is 6.07 Å². The molecule has 0 saturated heterocycles. The van der Waals surface area contributed by atoms with Gasteiger partial charge >= 0.3 is 0 Å². The fourth-order valence-corrected chi connectivity index (χ4v) is 1.99. The number of nitrogens with one attached hydrogen (secondary N) is 1. The maximum atomic E-state index is 5.81. The van der Waals surface area contributed by atoms with Gasteiger partial charge in [-0.3, -0.25) is 0 Å². The molecule has 0 aliphatic carbocycles. The van der Waals surface area contributed by atoms with E-state index in [0.29, 0.717) is 11.2 Å². The van der Waals surface area contributed by atoms with Gasteiger partial charge < -0.3 is 9.72 Å². The molecule has 1 N–H and O–H groups in total. The Labute approximate surface area is 109 Å². The zero-order valence-corrected chi connectivity index (χ0v) is 12.1. The van der Waals surface area contributed by atoms with Crippen molar-refractivity contribution in [3.63, 3.8) is 0 Å². The molecule has 0 amide bonds. The van der Waals surface area contributed by atoms with Crippen LogP contribution in [0.1, 0.15) is 52.2 Å². The molecule has 0 spiro atoms. The lowest BCUT2D eigenvalue weighted by molar-refractivity contribution is -0.0193. The molecule has 1 atom stereocenters. The van der Waals surface area contributed by atoms with Gasteiger partial charge in [-0.2, -0.15) is 0 Å². The van der Waals surface area contributed by atoms with Crippen molar-refractivity contribution < 1.29 is 4.74 Å². The Balaban J connectivity index is 3.18. The smallest absolute Gasteiger partial charge is 0.137 e. The van der Waals surface area contributed by atoms with Crippen LogP contribution in [0.25, 0.3) is 0 Å². The van der Waals surface area contributed by atoms with E-state index in [2.05, 4.69) is 37.7 Å². The largest absolute Gasteiger partial charge is 0.370 e. The highest BCUT2D eigenvalue weighted by atomic mass is 32.1. The molecule has 17 heavy (non-hydrogen) atoms. The highest BCUT2D eigenvalue weighted by molar-refractivity contribution is 7.71. The van der Waals surface area contributed by atoms with Crippen LogP contribution in [-0.2, 0) is 11.2 Å². The number of rotatable bonds is 4. The summed E-state index contributed by atoms with van der Waals surface area (Å²) in [4.78, 5) is 7.73. The fourth-order valence-electron chi connectivity index (χ4n) is 1.75. The maximum Gasteiger partial charge on any atom is 0.137 e. The number of ether oxygens (including phenoxy) is 1. The van der Waals surface area contributed by atoms with Gasteiger partial charge in [-0.15, -0.1) is 0 Å². The Kier molecular flexibility index (Phi) is 4.83. The van der Waals surface area contributed by atoms with Gasteiger partial charge in [-0.25, -0.2) is 4.98 Å². The van der Waals surface area contributed by atoms with E-state index in [4.69, 9.17) is 17.0 Å². The summed E-state index contributed by atoms with van der Waals surface area (Å²) in [7, 11) is 0. The minimum Gasteiger partial charge on any atom is -0.370 e. The molecule has 0 aliphatic heterocycles.